The molecule has 180 valence electrons. The molecule has 0 unspecified atom stereocenters. The number of hydrogen-bond acceptors (Lipinski definition) is 6. The van der Waals surface area contributed by atoms with E-state index in [0.29, 0.717) is 61.8 Å². The van der Waals surface area contributed by atoms with Crippen molar-refractivity contribution in [2.24, 2.45) is 7.05 Å². The Hall–Kier alpha value is -2.97. The smallest absolute Gasteiger partial charge is 0.345 e. The van der Waals surface area contributed by atoms with Crippen LogP contribution in [-0.4, -0.2) is 58.1 Å². The number of carbonyl (C=O) groups excluding carboxylic acids is 1. The lowest BCUT2D eigenvalue weighted by Gasteiger charge is -2.32. The van der Waals surface area contributed by atoms with Gasteiger partial charge in [-0.3, -0.25) is 9.36 Å². The van der Waals surface area contributed by atoms with Gasteiger partial charge < -0.3 is 19.1 Å². The van der Waals surface area contributed by atoms with Crippen molar-refractivity contribution in [3.8, 4) is 17.2 Å². The molecule has 1 aliphatic carbocycles. The van der Waals surface area contributed by atoms with Crippen LogP contribution in [-0.2, 0) is 7.05 Å². The molecular formula is C24H34N4O5. The summed E-state index contributed by atoms with van der Waals surface area (Å²) in [7, 11) is 1.71. The molecule has 9 nitrogen and oxygen atoms in total. The maximum Gasteiger partial charge on any atom is 0.345 e. The first-order valence-electron chi connectivity index (χ1n) is 12.0. The molecule has 1 aliphatic heterocycles. The lowest BCUT2D eigenvalue weighted by Crippen LogP contribution is -2.38. The molecule has 9 heteroatoms. The third kappa shape index (κ3) is 4.72. The van der Waals surface area contributed by atoms with Gasteiger partial charge in [-0.1, -0.05) is 0 Å². The molecule has 2 heterocycles. The summed E-state index contributed by atoms with van der Waals surface area (Å²) in [6.45, 7) is 8.31. The van der Waals surface area contributed by atoms with Crippen molar-refractivity contribution < 1.29 is 19.0 Å². The Balaban J connectivity index is 1.52. The molecule has 2 aliphatic rings. The number of carbonyl (C=O) groups is 1. The number of hydrogen-bond donors (Lipinski definition) is 0. The van der Waals surface area contributed by atoms with Gasteiger partial charge >= 0.3 is 5.69 Å². The number of benzene rings is 1. The van der Waals surface area contributed by atoms with Crippen LogP contribution in [0.3, 0.4) is 0 Å². The normalized spacial score (nSPS) is 16.7. The maximum absolute atomic E-state index is 13.4. The lowest BCUT2D eigenvalue weighted by atomic mass is 9.95. The molecule has 0 spiro atoms. The molecule has 2 fully saturated rings. The van der Waals surface area contributed by atoms with Crippen LogP contribution < -0.4 is 19.9 Å². The van der Waals surface area contributed by atoms with Crippen molar-refractivity contribution in [2.45, 2.75) is 58.4 Å². The van der Waals surface area contributed by atoms with E-state index in [1.807, 2.05) is 30.2 Å². The van der Waals surface area contributed by atoms with E-state index in [4.69, 9.17) is 14.2 Å². The second kappa shape index (κ2) is 9.89. The van der Waals surface area contributed by atoms with Gasteiger partial charge in [0.25, 0.3) is 5.91 Å². The first-order valence-corrected chi connectivity index (χ1v) is 12.0. The molecule has 1 aromatic heterocycles. The van der Waals surface area contributed by atoms with Gasteiger partial charge in [-0.05, 0) is 58.6 Å². The SMILES string of the molecule is CCOc1cc(C(=O)N2CCC(c3nn(C)c(=O)n3C3CC3)CC2)cc(OCC)c1OCC. The van der Waals surface area contributed by atoms with Crippen LogP contribution in [0.2, 0.25) is 0 Å². The highest BCUT2D eigenvalue weighted by Gasteiger charge is 2.34. The van der Waals surface area contributed by atoms with Crippen molar-refractivity contribution in [1.82, 2.24) is 19.2 Å². The molecule has 0 radical (unpaired) electrons. The lowest BCUT2D eigenvalue weighted by molar-refractivity contribution is 0.0709. The zero-order valence-corrected chi connectivity index (χ0v) is 20.0. The van der Waals surface area contributed by atoms with Crippen molar-refractivity contribution in [2.75, 3.05) is 32.9 Å². The fraction of sp³-hybridized carbons (Fsp3) is 0.625. The van der Waals surface area contributed by atoms with Crippen LogP contribution >= 0.6 is 0 Å². The van der Waals surface area contributed by atoms with E-state index in [1.165, 1.54) is 4.68 Å². The molecule has 1 aromatic carbocycles. The monoisotopic (exact) mass is 458 g/mol. The van der Waals surface area contributed by atoms with Crippen LogP contribution in [0.25, 0.3) is 0 Å². The number of amides is 1. The first kappa shape index (κ1) is 23.2. The van der Waals surface area contributed by atoms with Crippen molar-refractivity contribution in [1.29, 1.82) is 0 Å². The topological polar surface area (TPSA) is 87.8 Å². The van der Waals surface area contributed by atoms with Crippen molar-refractivity contribution in [3.63, 3.8) is 0 Å². The molecule has 1 saturated heterocycles. The summed E-state index contributed by atoms with van der Waals surface area (Å²) < 4.78 is 20.6. The number of rotatable bonds is 9. The van der Waals surface area contributed by atoms with Crippen LogP contribution in [0.1, 0.15) is 74.6 Å². The molecule has 33 heavy (non-hydrogen) atoms. The Morgan fingerprint density at radius 1 is 0.970 bits per heavy atom. The Labute approximate surface area is 194 Å². The second-order valence-electron chi connectivity index (χ2n) is 8.53. The largest absolute Gasteiger partial charge is 0.490 e. The Morgan fingerprint density at radius 3 is 2.06 bits per heavy atom. The Kier molecular flexibility index (Phi) is 6.95. The molecule has 0 bridgehead atoms. The van der Waals surface area contributed by atoms with E-state index in [1.54, 1.807) is 19.2 Å². The van der Waals surface area contributed by atoms with Gasteiger partial charge in [0, 0.05) is 37.7 Å². The van der Waals surface area contributed by atoms with E-state index in [9.17, 15) is 9.59 Å². The summed E-state index contributed by atoms with van der Waals surface area (Å²) in [5.41, 5.74) is 0.490. The molecular weight excluding hydrogens is 424 g/mol. The van der Waals surface area contributed by atoms with Crippen molar-refractivity contribution in [3.05, 3.63) is 34.0 Å². The molecule has 1 saturated carbocycles. The summed E-state index contributed by atoms with van der Waals surface area (Å²) in [6.07, 6.45) is 3.64. The van der Waals surface area contributed by atoms with E-state index in [2.05, 4.69) is 5.10 Å². The second-order valence-corrected chi connectivity index (χ2v) is 8.53. The average molecular weight is 459 g/mol. The van der Waals surface area contributed by atoms with Crippen LogP contribution in [0.4, 0.5) is 0 Å². The van der Waals surface area contributed by atoms with Crippen LogP contribution in [0, 0.1) is 0 Å². The number of likely N-dealkylation sites (tertiary alicyclic amines) is 1. The van der Waals surface area contributed by atoms with Crippen LogP contribution in [0.15, 0.2) is 16.9 Å². The highest BCUT2D eigenvalue weighted by atomic mass is 16.5. The zero-order valence-electron chi connectivity index (χ0n) is 20.0. The summed E-state index contributed by atoms with van der Waals surface area (Å²) >= 11 is 0. The highest BCUT2D eigenvalue weighted by Crippen LogP contribution is 2.40. The number of piperidine rings is 1. The van der Waals surface area contributed by atoms with Gasteiger partial charge in [-0.25, -0.2) is 9.48 Å². The molecule has 2 aromatic rings. The van der Waals surface area contributed by atoms with E-state index >= 15 is 0 Å². The number of nitrogens with zero attached hydrogens (tertiary/aromatic N) is 4. The van der Waals surface area contributed by atoms with E-state index < -0.39 is 0 Å². The molecule has 0 atom stereocenters. The Morgan fingerprint density at radius 2 is 1.55 bits per heavy atom. The van der Waals surface area contributed by atoms with Gasteiger partial charge in [0.2, 0.25) is 5.75 Å². The van der Waals surface area contributed by atoms with Gasteiger partial charge in [0.1, 0.15) is 5.82 Å². The minimum absolute atomic E-state index is 0.0349. The number of aromatic nitrogens is 3. The molecule has 4 rings (SSSR count). The highest BCUT2D eigenvalue weighted by molar-refractivity contribution is 5.95. The fourth-order valence-electron chi connectivity index (χ4n) is 4.49. The third-order valence-electron chi connectivity index (χ3n) is 6.20. The third-order valence-corrected chi connectivity index (χ3v) is 6.20. The summed E-state index contributed by atoms with van der Waals surface area (Å²) in [5, 5.41) is 4.53. The zero-order chi connectivity index (χ0) is 23.5. The predicted molar refractivity (Wildman–Crippen MR) is 124 cm³/mol. The number of ether oxygens (including phenoxy) is 3. The number of aryl methyl sites for hydroxylation is 1. The standard InChI is InChI=1S/C24H34N4O5/c1-5-31-19-14-17(15-20(32-6-2)21(19)33-7-3)23(29)27-12-10-16(11-13-27)22-25-26(4)24(30)28(22)18-8-9-18/h14-16,18H,5-13H2,1-4H3. The van der Waals surface area contributed by atoms with E-state index in [0.717, 1.165) is 31.5 Å². The molecule has 1 amide bonds. The summed E-state index contributed by atoms with van der Waals surface area (Å²) in [6, 6.07) is 3.78. The van der Waals surface area contributed by atoms with Gasteiger partial charge in [0.15, 0.2) is 11.5 Å². The Bertz CT molecular complexity index is 1020. The maximum atomic E-state index is 13.4. The van der Waals surface area contributed by atoms with Crippen LogP contribution in [0.5, 0.6) is 17.2 Å². The van der Waals surface area contributed by atoms with Gasteiger partial charge in [-0.2, -0.15) is 5.10 Å². The summed E-state index contributed by atoms with van der Waals surface area (Å²) in [5.74, 6) is 2.57. The average Bonchev–Trinajstić information content (AvgIpc) is 3.61. The van der Waals surface area contributed by atoms with Crippen molar-refractivity contribution >= 4 is 5.91 Å². The molecule has 0 N–H and O–H groups in total. The van der Waals surface area contributed by atoms with Gasteiger partial charge in [0.05, 0.1) is 19.8 Å². The fourth-order valence-corrected chi connectivity index (χ4v) is 4.49. The van der Waals surface area contributed by atoms with Gasteiger partial charge in [-0.15, -0.1) is 0 Å². The summed E-state index contributed by atoms with van der Waals surface area (Å²) in [4.78, 5) is 27.7. The minimum atomic E-state index is -0.0565. The predicted octanol–water partition coefficient (Wildman–Crippen LogP) is 3.13. The van der Waals surface area contributed by atoms with E-state index in [-0.39, 0.29) is 17.5 Å². The first-order chi connectivity index (χ1) is 16.0. The minimum Gasteiger partial charge on any atom is -0.490 e. The quantitative estimate of drug-likeness (QED) is 0.574.